The Labute approximate surface area is 151 Å². The second-order valence-electron chi connectivity index (χ2n) is 7.21. The third-order valence-electron chi connectivity index (χ3n) is 5.61. The number of amides is 1. The lowest BCUT2D eigenvalue weighted by Gasteiger charge is -2.37. The van der Waals surface area contributed by atoms with Crippen LogP contribution in [0, 0.1) is 13.8 Å². The Balaban J connectivity index is 1.72. The topological polar surface area (TPSA) is 57.7 Å². The Bertz CT molecular complexity index is 745. The minimum absolute atomic E-state index is 0.0766. The quantitative estimate of drug-likeness (QED) is 0.825. The van der Waals surface area contributed by atoms with Gasteiger partial charge in [0, 0.05) is 26.1 Å². The normalized spacial score (nSPS) is 23.8. The SMILES string of the molecule is Cc1cccc(C2CCCCN2C(=O)CCN2CCCS2(=O)=O)c1C. The Morgan fingerprint density at radius 2 is 1.96 bits per heavy atom. The lowest BCUT2D eigenvalue weighted by Crippen LogP contribution is -2.40. The van der Waals surface area contributed by atoms with Crippen LogP contribution in [0.25, 0.3) is 0 Å². The molecule has 2 aliphatic rings. The van der Waals surface area contributed by atoms with Gasteiger partial charge in [-0.1, -0.05) is 18.2 Å². The summed E-state index contributed by atoms with van der Waals surface area (Å²) in [6, 6.07) is 6.41. The van der Waals surface area contributed by atoms with E-state index in [1.165, 1.54) is 21.0 Å². The van der Waals surface area contributed by atoms with Crippen LogP contribution >= 0.6 is 0 Å². The zero-order chi connectivity index (χ0) is 18.0. The molecule has 0 saturated carbocycles. The molecule has 6 heteroatoms. The van der Waals surface area contributed by atoms with Crippen molar-refractivity contribution < 1.29 is 13.2 Å². The molecule has 0 aliphatic carbocycles. The Hall–Kier alpha value is -1.40. The fourth-order valence-corrected chi connectivity index (χ4v) is 5.52. The highest BCUT2D eigenvalue weighted by Gasteiger charge is 2.32. The Morgan fingerprint density at radius 3 is 2.68 bits per heavy atom. The zero-order valence-corrected chi connectivity index (χ0v) is 16.0. The van der Waals surface area contributed by atoms with Crippen molar-refractivity contribution in [3.63, 3.8) is 0 Å². The highest BCUT2D eigenvalue weighted by molar-refractivity contribution is 7.89. The van der Waals surface area contributed by atoms with Crippen LogP contribution in [0.2, 0.25) is 0 Å². The van der Waals surface area contributed by atoms with Crippen molar-refractivity contribution in [2.45, 2.75) is 52.0 Å². The maximum Gasteiger partial charge on any atom is 0.224 e. The van der Waals surface area contributed by atoms with E-state index in [1.807, 2.05) is 4.90 Å². The number of sulfonamides is 1. The molecular formula is C19H28N2O3S. The number of benzene rings is 1. The van der Waals surface area contributed by atoms with Crippen LogP contribution in [0.15, 0.2) is 18.2 Å². The van der Waals surface area contributed by atoms with E-state index in [2.05, 4.69) is 32.0 Å². The molecule has 2 saturated heterocycles. The van der Waals surface area contributed by atoms with Crippen molar-refractivity contribution in [2.75, 3.05) is 25.4 Å². The third kappa shape index (κ3) is 3.90. The fourth-order valence-electron chi connectivity index (χ4n) is 3.99. The summed E-state index contributed by atoms with van der Waals surface area (Å²) in [4.78, 5) is 14.8. The molecule has 0 radical (unpaired) electrons. The lowest BCUT2D eigenvalue weighted by molar-refractivity contribution is -0.135. The smallest absolute Gasteiger partial charge is 0.224 e. The second kappa shape index (κ2) is 7.46. The van der Waals surface area contributed by atoms with E-state index in [-0.39, 0.29) is 24.1 Å². The number of aryl methyl sites for hydroxylation is 1. The van der Waals surface area contributed by atoms with Crippen LogP contribution in [0.3, 0.4) is 0 Å². The van der Waals surface area contributed by atoms with E-state index in [1.54, 1.807) is 0 Å². The molecule has 2 fully saturated rings. The van der Waals surface area contributed by atoms with Gasteiger partial charge in [-0.25, -0.2) is 12.7 Å². The van der Waals surface area contributed by atoms with Gasteiger partial charge in [0.05, 0.1) is 11.8 Å². The molecule has 1 unspecified atom stereocenters. The predicted octanol–water partition coefficient (Wildman–Crippen LogP) is 2.78. The first kappa shape index (κ1) is 18.4. The van der Waals surface area contributed by atoms with Gasteiger partial charge in [-0.3, -0.25) is 4.79 Å². The maximum absolute atomic E-state index is 12.9. The molecule has 2 aliphatic heterocycles. The third-order valence-corrected chi connectivity index (χ3v) is 7.56. The number of likely N-dealkylation sites (tertiary alicyclic amines) is 1. The first-order valence-corrected chi connectivity index (χ1v) is 10.8. The van der Waals surface area contributed by atoms with E-state index >= 15 is 0 Å². The summed E-state index contributed by atoms with van der Waals surface area (Å²) in [6.45, 7) is 5.86. The van der Waals surface area contributed by atoms with Gasteiger partial charge in [0.15, 0.2) is 0 Å². The van der Waals surface area contributed by atoms with Gasteiger partial charge in [-0.2, -0.15) is 0 Å². The standard InChI is InChI=1S/C19H28N2O3S/c1-15-7-5-8-17(16(15)2)18-9-3-4-12-21(18)19(22)10-13-20-11-6-14-25(20,23)24/h5,7-8,18H,3-4,6,9-14H2,1-2H3. The Kier molecular flexibility index (Phi) is 5.49. The van der Waals surface area contributed by atoms with Crippen molar-refractivity contribution in [3.05, 3.63) is 34.9 Å². The van der Waals surface area contributed by atoms with Gasteiger partial charge >= 0.3 is 0 Å². The number of piperidine rings is 1. The van der Waals surface area contributed by atoms with Crippen LogP contribution in [0.5, 0.6) is 0 Å². The first-order valence-electron chi connectivity index (χ1n) is 9.23. The molecule has 0 N–H and O–H groups in total. The van der Waals surface area contributed by atoms with Gasteiger partial charge < -0.3 is 4.90 Å². The van der Waals surface area contributed by atoms with Gasteiger partial charge in [0.25, 0.3) is 0 Å². The number of carbonyl (C=O) groups excluding carboxylic acids is 1. The summed E-state index contributed by atoms with van der Waals surface area (Å²) in [6.07, 6.45) is 4.08. The summed E-state index contributed by atoms with van der Waals surface area (Å²) < 4.78 is 25.3. The molecule has 25 heavy (non-hydrogen) atoms. The van der Waals surface area contributed by atoms with Crippen LogP contribution in [0.1, 0.15) is 54.8 Å². The molecule has 138 valence electrons. The summed E-state index contributed by atoms with van der Waals surface area (Å²) in [7, 11) is -3.13. The molecule has 1 aromatic rings. The molecular weight excluding hydrogens is 336 g/mol. The average molecular weight is 365 g/mol. The largest absolute Gasteiger partial charge is 0.336 e. The van der Waals surface area contributed by atoms with E-state index in [9.17, 15) is 13.2 Å². The minimum atomic E-state index is -3.13. The van der Waals surface area contributed by atoms with E-state index in [0.29, 0.717) is 19.5 Å². The molecule has 0 bridgehead atoms. The van der Waals surface area contributed by atoms with Gasteiger partial charge in [0.2, 0.25) is 15.9 Å². The predicted molar refractivity (Wildman–Crippen MR) is 98.8 cm³/mol. The molecule has 2 heterocycles. The van der Waals surface area contributed by atoms with Crippen molar-refractivity contribution in [1.29, 1.82) is 0 Å². The number of carbonyl (C=O) groups is 1. The number of hydrogen-bond acceptors (Lipinski definition) is 3. The van der Waals surface area contributed by atoms with Crippen molar-refractivity contribution in [1.82, 2.24) is 9.21 Å². The fraction of sp³-hybridized carbons (Fsp3) is 0.632. The highest BCUT2D eigenvalue weighted by atomic mass is 32.2. The van der Waals surface area contributed by atoms with Crippen molar-refractivity contribution in [2.24, 2.45) is 0 Å². The molecule has 1 atom stereocenters. The number of hydrogen-bond donors (Lipinski definition) is 0. The van der Waals surface area contributed by atoms with Crippen LogP contribution < -0.4 is 0 Å². The average Bonchev–Trinajstić information content (AvgIpc) is 2.93. The number of nitrogens with zero attached hydrogens (tertiary/aromatic N) is 2. The monoisotopic (exact) mass is 364 g/mol. The molecule has 1 aromatic carbocycles. The highest BCUT2D eigenvalue weighted by Crippen LogP contribution is 2.34. The lowest BCUT2D eigenvalue weighted by atomic mass is 9.90. The minimum Gasteiger partial charge on any atom is -0.336 e. The second-order valence-corrected chi connectivity index (χ2v) is 9.29. The van der Waals surface area contributed by atoms with E-state index in [0.717, 1.165) is 25.8 Å². The molecule has 0 aromatic heterocycles. The summed E-state index contributed by atoms with van der Waals surface area (Å²) >= 11 is 0. The van der Waals surface area contributed by atoms with Gasteiger partial charge in [-0.15, -0.1) is 0 Å². The van der Waals surface area contributed by atoms with Crippen LogP contribution in [-0.2, 0) is 14.8 Å². The summed E-state index contributed by atoms with van der Waals surface area (Å²) in [5.74, 6) is 0.295. The van der Waals surface area contributed by atoms with Crippen LogP contribution in [0.4, 0.5) is 0 Å². The van der Waals surface area contributed by atoms with Crippen molar-refractivity contribution in [3.8, 4) is 0 Å². The van der Waals surface area contributed by atoms with E-state index in [4.69, 9.17) is 0 Å². The van der Waals surface area contributed by atoms with Gasteiger partial charge in [0.1, 0.15) is 0 Å². The Morgan fingerprint density at radius 1 is 1.16 bits per heavy atom. The maximum atomic E-state index is 12.9. The zero-order valence-electron chi connectivity index (χ0n) is 15.2. The molecule has 0 spiro atoms. The van der Waals surface area contributed by atoms with Gasteiger partial charge in [-0.05, 0) is 56.2 Å². The first-order chi connectivity index (χ1) is 11.9. The van der Waals surface area contributed by atoms with Crippen LogP contribution in [-0.4, -0.2) is 48.9 Å². The van der Waals surface area contributed by atoms with E-state index < -0.39 is 10.0 Å². The number of rotatable bonds is 4. The molecule has 5 nitrogen and oxygen atoms in total. The summed E-state index contributed by atoms with van der Waals surface area (Å²) in [5, 5.41) is 0. The molecule has 1 amide bonds. The molecule has 3 rings (SSSR count). The van der Waals surface area contributed by atoms with Crippen molar-refractivity contribution >= 4 is 15.9 Å². The summed E-state index contributed by atoms with van der Waals surface area (Å²) in [5.41, 5.74) is 3.75.